The predicted octanol–water partition coefficient (Wildman–Crippen LogP) is 2.48. The van der Waals surface area contributed by atoms with Crippen molar-refractivity contribution in [2.24, 2.45) is 0 Å². The third-order valence-corrected chi connectivity index (χ3v) is 4.47. The number of Topliss-reactive ketones (excluding diaryl/α,β-unsaturated/α-hetero) is 1. The number of ketones is 1. The summed E-state index contributed by atoms with van der Waals surface area (Å²) in [5, 5.41) is 2.97. The van der Waals surface area contributed by atoms with Gasteiger partial charge in [-0.25, -0.2) is 0 Å². The molecular weight excluding hydrogens is 304 g/mol. The fourth-order valence-corrected chi connectivity index (χ4v) is 2.87. The number of rotatable bonds is 6. The first-order chi connectivity index (χ1) is 11.5. The smallest absolute Gasteiger partial charge is 0.223 e. The quantitative estimate of drug-likeness (QED) is 0.815. The fourth-order valence-electron chi connectivity index (χ4n) is 2.87. The van der Waals surface area contributed by atoms with E-state index in [1.165, 1.54) is 0 Å². The molecule has 1 heterocycles. The molecular formula is C19H26N2O3. The number of aryl methyl sites for hydroxylation is 1. The lowest BCUT2D eigenvalue weighted by Gasteiger charge is -2.32. The average Bonchev–Trinajstić information content (AvgIpc) is 2.60. The van der Waals surface area contributed by atoms with E-state index in [9.17, 15) is 14.4 Å². The van der Waals surface area contributed by atoms with Gasteiger partial charge in [-0.2, -0.15) is 0 Å². The van der Waals surface area contributed by atoms with Crippen molar-refractivity contribution in [2.45, 2.75) is 52.0 Å². The molecule has 5 nitrogen and oxygen atoms in total. The number of benzene rings is 1. The van der Waals surface area contributed by atoms with Gasteiger partial charge in [-0.1, -0.05) is 36.8 Å². The van der Waals surface area contributed by atoms with E-state index in [-0.39, 0.29) is 36.5 Å². The summed E-state index contributed by atoms with van der Waals surface area (Å²) in [4.78, 5) is 37.6. The summed E-state index contributed by atoms with van der Waals surface area (Å²) in [6, 6.07) is 7.60. The van der Waals surface area contributed by atoms with Crippen molar-refractivity contribution >= 4 is 17.6 Å². The number of nitrogens with zero attached hydrogens (tertiary/aromatic N) is 1. The molecule has 0 aromatic heterocycles. The lowest BCUT2D eigenvalue weighted by Crippen LogP contribution is -2.46. The molecule has 1 aromatic carbocycles. The molecule has 24 heavy (non-hydrogen) atoms. The lowest BCUT2D eigenvalue weighted by molar-refractivity contribution is -0.132. The number of likely N-dealkylation sites (tertiary alicyclic amines) is 1. The van der Waals surface area contributed by atoms with E-state index >= 15 is 0 Å². The van der Waals surface area contributed by atoms with Crippen molar-refractivity contribution in [2.75, 3.05) is 13.1 Å². The third-order valence-electron chi connectivity index (χ3n) is 4.47. The Hall–Kier alpha value is -2.17. The predicted molar refractivity (Wildman–Crippen MR) is 92.8 cm³/mol. The Morgan fingerprint density at radius 3 is 2.29 bits per heavy atom. The molecule has 5 heteroatoms. The van der Waals surface area contributed by atoms with Crippen LogP contribution in [-0.4, -0.2) is 41.6 Å². The Morgan fingerprint density at radius 1 is 1.08 bits per heavy atom. The van der Waals surface area contributed by atoms with Gasteiger partial charge in [-0.05, 0) is 19.8 Å². The van der Waals surface area contributed by atoms with E-state index < -0.39 is 0 Å². The van der Waals surface area contributed by atoms with Crippen molar-refractivity contribution in [3.8, 4) is 0 Å². The van der Waals surface area contributed by atoms with E-state index in [2.05, 4.69) is 5.32 Å². The van der Waals surface area contributed by atoms with Gasteiger partial charge in [0.25, 0.3) is 0 Å². The maximum absolute atomic E-state index is 12.3. The Labute approximate surface area is 143 Å². The number of amides is 2. The highest BCUT2D eigenvalue weighted by atomic mass is 16.2. The molecule has 1 N–H and O–H groups in total. The molecule has 1 aliphatic heterocycles. The maximum Gasteiger partial charge on any atom is 0.223 e. The Morgan fingerprint density at radius 2 is 1.71 bits per heavy atom. The van der Waals surface area contributed by atoms with Crippen molar-refractivity contribution in [3.05, 3.63) is 35.4 Å². The Bertz CT molecular complexity index is 587. The summed E-state index contributed by atoms with van der Waals surface area (Å²) in [7, 11) is 0. The van der Waals surface area contributed by atoms with Crippen molar-refractivity contribution < 1.29 is 14.4 Å². The van der Waals surface area contributed by atoms with E-state index in [4.69, 9.17) is 0 Å². The van der Waals surface area contributed by atoms with Crippen LogP contribution in [0, 0.1) is 6.92 Å². The van der Waals surface area contributed by atoms with Crippen LogP contribution in [0.25, 0.3) is 0 Å². The zero-order valence-electron chi connectivity index (χ0n) is 14.5. The third kappa shape index (κ3) is 5.18. The van der Waals surface area contributed by atoms with Crippen LogP contribution in [0.4, 0.5) is 0 Å². The van der Waals surface area contributed by atoms with Gasteiger partial charge < -0.3 is 10.2 Å². The molecule has 2 rings (SSSR count). The molecule has 1 fully saturated rings. The van der Waals surface area contributed by atoms with Crippen LogP contribution in [0.1, 0.15) is 54.9 Å². The monoisotopic (exact) mass is 330 g/mol. The van der Waals surface area contributed by atoms with E-state index in [1.807, 2.05) is 38.1 Å². The second-order valence-electron chi connectivity index (χ2n) is 6.37. The minimum Gasteiger partial charge on any atom is -0.353 e. The van der Waals surface area contributed by atoms with Crippen LogP contribution >= 0.6 is 0 Å². The minimum absolute atomic E-state index is 0.00782. The number of carbonyl (C=O) groups is 3. The van der Waals surface area contributed by atoms with E-state index in [0.29, 0.717) is 25.1 Å². The number of nitrogens with one attached hydrogen (secondary N) is 1. The summed E-state index contributed by atoms with van der Waals surface area (Å²) < 4.78 is 0. The summed E-state index contributed by atoms with van der Waals surface area (Å²) in [5.41, 5.74) is 1.77. The van der Waals surface area contributed by atoms with Crippen LogP contribution in [-0.2, 0) is 9.59 Å². The van der Waals surface area contributed by atoms with Gasteiger partial charge >= 0.3 is 0 Å². The minimum atomic E-state index is 0.00782. The summed E-state index contributed by atoms with van der Waals surface area (Å²) in [5.74, 6) is 0.0904. The van der Waals surface area contributed by atoms with Crippen molar-refractivity contribution in [1.82, 2.24) is 10.2 Å². The Kier molecular flexibility index (Phi) is 6.53. The van der Waals surface area contributed by atoms with Crippen LogP contribution < -0.4 is 5.32 Å². The lowest BCUT2D eigenvalue weighted by atomic mass is 10.0. The van der Waals surface area contributed by atoms with Crippen LogP contribution in [0.5, 0.6) is 0 Å². The molecule has 0 unspecified atom stereocenters. The second-order valence-corrected chi connectivity index (χ2v) is 6.37. The van der Waals surface area contributed by atoms with E-state index in [0.717, 1.165) is 18.4 Å². The Balaban J connectivity index is 1.74. The first-order valence-electron chi connectivity index (χ1n) is 8.66. The highest BCUT2D eigenvalue weighted by molar-refractivity contribution is 5.98. The molecule has 0 radical (unpaired) electrons. The normalized spacial score (nSPS) is 15.2. The first-order valence-corrected chi connectivity index (χ1v) is 8.66. The summed E-state index contributed by atoms with van der Waals surface area (Å²) in [6.07, 6.45) is 2.54. The molecule has 130 valence electrons. The van der Waals surface area contributed by atoms with Crippen LogP contribution in [0.2, 0.25) is 0 Å². The average molecular weight is 330 g/mol. The number of hydrogen-bond acceptors (Lipinski definition) is 3. The zero-order chi connectivity index (χ0) is 17.5. The summed E-state index contributed by atoms with van der Waals surface area (Å²) in [6.45, 7) is 5.10. The maximum atomic E-state index is 12.3. The van der Waals surface area contributed by atoms with Gasteiger partial charge in [0.2, 0.25) is 11.8 Å². The number of piperidine rings is 1. The number of carbonyl (C=O) groups excluding carboxylic acids is 3. The molecule has 0 bridgehead atoms. The molecule has 0 spiro atoms. The molecule has 1 aromatic rings. The first kappa shape index (κ1) is 18.2. The summed E-state index contributed by atoms with van der Waals surface area (Å²) >= 11 is 0. The SMILES string of the molecule is CCC(=O)NC1CCN(C(=O)CCC(=O)c2ccc(C)cc2)CC1. The van der Waals surface area contributed by atoms with Gasteiger partial charge in [-0.15, -0.1) is 0 Å². The zero-order valence-corrected chi connectivity index (χ0v) is 14.5. The molecule has 0 saturated carbocycles. The van der Waals surface area contributed by atoms with Gasteiger partial charge in [0.1, 0.15) is 0 Å². The largest absolute Gasteiger partial charge is 0.353 e. The highest BCUT2D eigenvalue weighted by Gasteiger charge is 2.23. The van der Waals surface area contributed by atoms with E-state index in [1.54, 1.807) is 4.90 Å². The molecule has 0 aliphatic carbocycles. The van der Waals surface area contributed by atoms with Gasteiger partial charge in [0.15, 0.2) is 5.78 Å². The van der Waals surface area contributed by atoms with Gasteiger partial charge in [-0.3, -0.25) is 14.4 Å². The van der Waals surface area contributed by atoms with Crippen LogP contribution in [0.15, 0.2) is 24.3 Å². The molecule has 2 amide bonds. The van der Waals surface area contributed by atoms with Crippen molar-refractivity contribution in [1.29, 1.82) is 0 Å². The standard InChI is InChI=1S/C19H26N2O3/c1-3-18(23)20-16-10-12-21(13-11-16)19(24)9-8-17(22)15-6-4-14(2)5-7-15/h4-7,16H,3,8-13H2,1-2H3,(H,20,23). The van der Waals surface area contributed by atoms with Gasteiger partial charge in [0, 0.05) is 44.0 Å². The van der Waals surface area contributed by atoms with Crippen LogP contribution in [0.3, 0.4) is 0 Å². The topological polar surface area (TPSA) is 66.5 Å². The number of hydrogen-bond donors (Lipinski definition) is 1. The fraction of sp³-hybridized carbons (Fsp3) is 0.526. The van der Waals surface area contributed by atoms with Gasteiger partial charge in [0.05, 0.1) is 0 Å². The van der Waals surface area contributed by atoms with Crippen molar-refractivity contribution in [3.63, 3.8) is 0 Å². The molecule has 0 atom stereocenters. The second kappa shape index (κ2) is 8.62. The highest BCUT2D eigenvalue weighted by Crippen LogP contribution is 2.14. The molecule has 1 saturated heterocycles. The molecule has 1 aliphatic rings.